The van der Waals surface area contributed by atoms with Crippen molar-refractivity contribution in [2.45, 2.75) is 0 Å². The second kappa shape index (κ2) is 36.1. The van der Waals surface area contributed by atoms with Crippen molar-refractivity contribution in [1.82, 2.24) is 0 Å². The molecule has 0 saturated heterocycles. The summed E-state index contributed by atoms with van der Waals surface area (Å²) in [5.41, 5.74) is 0. The van der Waals surface area contributed by atoms with E-state index in [4.69, 9.17) is 15.1 Å². The molecule has 0 aliphatic rings. The molecular formula is H3BBa3O3Zn3. The average Bonchev–Trinajstić information content (AvgIpc) is 1.98. The molecule has 0 atom stereocenters. The van der Waals surface area contributed by atoms with Gasteiger partial charge in [0.25, 0.3) is 0 Å². The molecule has 0 unspecified atom stereocenters. The second-order valence-corrected chi connectivity index (χ2v) is 0.289. The Kier molecular flexibility index (Phi) is 91.7. The third-order valence-corrected chi connectivity index (χ3v) is 0. The van der Waals surface area contributed by atoms with Crippen LogP contribution >= 0.6 is 0 Å². The first kappa shape index (κ1) is 25.4. The fraction of sp³-hybridized carbons (Fsp3) is 0. The van der Waals surface area contributed by atoms with Gasteiger partial charge in [0.05, 0.1) is 0 Å². The van der Waals surface area contributed by atoms with E-state index in [9.17, 15) is 0 Å². The Morgan fingerprint density at radius 2 is 0.700 bits per heavy atom. The standard InChI is InChI=1S/BO3.3Ba.3Zn.3H/c2-1(3)4;;;;;;;;;/q-3;;;;3*+1;;;. The van der Waals surface area contributed by atoms with E-state index in [1.54, 1.807) is 26.5 Å². The van der Waals surface area contributed by atoms with Gasteiger partial charge in [-0.15, -0.1) is 0 Å². The molecule has 0 heterocycles. The van der Waals surface area contributed by atoms with Gasteiger partial charge in [-0.25, -0.2) is 0 Å². The molecule has 0 aromatic carbocycles. The Balaban J connectivity index is -0.0000000262. The molecule has 0 bridgehead atoms. The van der Waals surface area contributed by atoms with Crippen LogP contribution in [0, 0.1) is 0 Å². The van der Waals surface area contributed by atoms with Gasteiger partial charge >= 0.3 is 153 Å². The zero-order valence-electron chi connectivity index (χ0n) is 6.92. The number of rotatable bonds is 0. The predicted octanol–water partition coefficient (Wildman–Crippen LogP) is -5.90. The van der Waals surface area contributed by atoms with E-state index in [2.05, 4.69) is 0 Å². The maximum atomic E-state index is 8.42. The third kappa shape index (κ3) is 62.4. The van der Waals surface area contributed by atoms with Gasteiger partial charge in [-0.1, -0.05) is 0 Å². The predicted molar refractivity (Wildman–Crippen MR) is 27.2 cm³/mol. The van der Waals surface area contributed by atoms with Crippen molar-refractivity contribution >= 4 is 134 Å². The molecule has 0 amide bonds. The van der Waals surface area contributed by atoms with Crippen LogP contribution in [-0.4, -0.2) is 134 Å². The fourth-order valence-electron chi connectivity index (χ4n) is 0. The molecule has 0 fully saturated rings. The molecule has 0 aliphatic heterocycles. The van der Waals surface area contributed by atoms with E-state index in [0.29, 0.717) is 0 Å². The molecule has 10 heteroatoms. The first-order valence-corrected chi connectivity index (χ1v) is 81.0. The van der Waals surface area contributed by atoms with E-state index < -0.39 is 7.32 Å². The summed E-state index contributed by atoms with van der Waals surface area (Å²) < 4.78 is 0. The molecule has 0 aromatic heterocycles. The van der Waals surface area contributed by atoms with E-state index in [0.717, 1.165) is 127 Å². The molecule has 3 nitrogen and oxygen atoms in total. The van der Waals surface area contributed by atoms with Crippen LogP contribution in [0.1, 0.15) is 0 Å². The van der Waals surface area contributed by atoms with Crippen LogP contribution in [0.4, 0.5) is 0 Å². The van der Waals surface area contributed by atoms with Crippen LogP contribution in [0.3, 0.4) is 0 Å². The van der Waals surface area contributed by atoms with Gasteiger partial charge in [0.15, 0.2) is 0 Å². The Labute approximate surface area is 168 Å². The number of hydrogen-bond acceptors (Lipinski definition) is 3. The molecule has 0 N–H and O–H groups in total. The first-order valence-electron chi connectivity index (χ1n) is 2.83. The van der Waals surface area contributed by atoms with Gasteiger partial charge in [0.2, 0.25) is 0 Å². The van der Waals surface area contributed by atoms with Crippen molar-refractivity contribution in [2.75, 3.05) is 0 Å². The van der Waals surface area contributed by atoms with Gasteiger partial charge in [0, 0.05) is 0 Å². The van der Waals surface area contributed by atoms with Crippen LogP contribution < -0.4 is 15.1 Å². The summed E-state index contributed by atoms with van der Waals surface area (Å²) in [6.07, 6.45) is 0. The zero-order chi connectivity index (χ0) is 9.58. The molecule has 0 aromatic rings. The van der Waals surface area contributed by atoms with Gasteiger partial charge in [-0.3, -0.25) is 7.32 Å². The molecule has 0 radical (unpaired) electrons. The van der Waals surface area contributed by atoms with Crippen LogP contribution in [0.25, 0.3) is 0 Å². The molecule has 10 heavy (non-hydrogen) atoms. The Bertz CT molecular complexity index is 23.7. The Morgan fingerprint density at radius 3 is 0.700 bits per heavy atom. The molecule has 0 rings (SSSR count). The van der Waals surface area contributed by atoms with Crippen molar-refractivity contribution in [1.29, 1.82) is 0 Å². The second-order valence-electron chi connectivity index (χ2n) is 0.289. The van der Waals surface area contributed by atoms with Crippen LogP contribution in [0.2, 0.25) is 0 Å². The summed E-state index contributed by atoms with van der Waals surface area (Å²) in [4.78, 5) is 0. The molecule has 0 saturated carbocycles. The molecule has 0 aliphatic carbocycles. The normalized spacial score (nSPS) is 4.20. The van der Waals surface area contributed by atoms with Crippen molar-refractivity contribution < 1.29 is 41.6 Å². The topological polar surface area (TPSA) is 69.2 Å². The minimum atomic E-state index is -2.92. The molecular weight excluding hydrogens is 667 g/mol. The van der Waals surface area contributed by atoms with Crippen molar-refractivity contribution in [3.05, 3.63) is 0 Å². The summed E-state index contributed by atoms with van der Waals surface area (Å²) in [7, 11) is 1.88. The number of hydrogen-bond donors (Lipinski definition) is 0. The fourth-order valence-corrected chi connectivity index (χ4v) is 0. The summed E-state index contributed by atoms with van der Waals surface area (Å²) in [6.45, 7) is 0. The van der Waals surface area contributed by atoms with Gasteiger partial charge < -0.3 is 15.1 Å². The quantitative estimate of drug-likeness (QED) is 0.242. The van der Waals surface area contributed by atoms with Crippen molar-refractivity contribution in [2.24, 2.45) is 0 Å². The minimum absolute atomic E-state index is 1.01. The Hall–Kier alpha value is 6.53. The van der Waals surface area contributed by atoms with Crippen molar-refractivity contribution in [3.8, 4) is 0 Å². The maximum absolute atomic E-state index is 8.42. The molecule has 36 valence electrons. The van der Waals surface area contributed by atoms with Crippen molar-refractivity contribution in [3.63, 3.8) is 0 Å². The summed E-state index contributed by atoms with van der Waals surface area (Å²) in [5, 5.41) is 25.2. The van der Waals surface area contributed by atoms with Crippen LogP contribution in [0.5, 0.6) is 0 Å². The summed E-state index contributed by atoms with van der Waals surface area (Å²) >= 11 is 3.04. The van der Waals surface area contributed by atoms with Gasteiger partial charge in [0.1, 0.15) is 0 Å². The molecule has 0 spiro atoms. The van der Waals surface area contributed by atoms with Gasteiger partial charge in [-0.2, -0.15) is 0 Å². The zero-order valence-corrected chi connectivity index (χ0v) is 34.7. The first-order chi connectivity index (χ1) is 4.73. The SMILES string of the molecule is [O-]B([O-])[O-].[Zn+][BaH].[Zn+][BaH].[Zn+][BaH]. The summed E-state index contributed by atoms with van der Waals surface area (Å²) in [5.74, 6) is 0. The van der Waals surface area contributed by atoms with Gasteiger partial charge in [-0.05, 0) is 0 Å². The van der Waals surface area contributed by atoms with E-state index in [1.165, 1.54) is 0 Å². The summed E-state index contributed by atoms with van der Waals surface area (Å²) in [6, 6.07) is 0. The monoisotopic (exact) mass is 668 g/mol. The average molecular weight is 670 g/mol. The van der Waals surface area contributed by atoms with Crippen LogP contribution in [-0.2, 0) is 26.5 Å². The van der Waals surface area contributed by atoms with E-state index >= 15 is 0 Å². The van der Waals surface area contributed by atoms with Crippen LogP contribution in [0.15, 0.2) is 0 Å². The Morgan fingerprint density at radius 1 is 0.700 bits per heavy atom. The van der Waals surface area contributed by atoms with E-state index in [-0.39, 0.29) is 0 Å². The third-order valence-electron chi connectivity index (χ3n) is 0. The van der Waals surface area contributed by atoms with E-state index in [1.807, 2.05) is 0 Å².